The minimum atomic E-state index is -0.00932. The number of carbonyl (C=O) groups excluding carboxylic acids is 1. The van der Waals surface area contributed by atoms with E-state index in [0.29, 0.717) is 17.5 Å². The summed E-state index contributed by atoms with van der Waals surface area (Å²) < 4.78 is 0. The van der Waals surface area contributed by atoms with Gasteiger partial charge in [0.05, 0.1) is 6.54 Å². The number of likely N-dealkylation sites (tertiary alicyclic amines) is 1. The fraction of sp³-hybridized carbons (Fsp3) is 0.500. The Morgan fingerprint density at radius 2 is 2.37 bits per heavy atom. The van der Waals surface area contributed by atoms with Crippen LogP contribution >= 0.6 is 11.6 Å². The SMILES string of the molecule is CC1CN(CC(=O)Nc2cccc(Cl)c2)CCC1N. The van der Waals surface area contributed by atoms with Gasteiger partial charge < -0.3 is 11.1 Å². The van der Waals surface area contributed by atoms with Crippen molar-refractivity contribution in [3.05, 3.63) is 29.3 Å². The average molecular weight is 282 g/mol. The first-order valence-corrected chi connectivity index (χ1v) is 6.96. The van der Waals surface area contributed by atoms with Crippen LogP contribution in [-0.2, 0) is 4.79 Å². The number of hydrogen-bond acceptors (Lipinski definition) is 3. The van der Waals surface area contributed by atoms with Crippen molar-refractivity contribution >= 4 is 23.2 Å². The summed E-state index contributed by atoms with van der Waals surface area (Å²) in [6, 6.07) is 7.43. The lowest BCUT2D eigenvalue weighted by Crippen LogP contribution is -2.48. The minimum absolute atomic E-state index is 0.00932. The Kier molecular flexibility index (Phi) is 4.80. The van der Waals surface area contributed by atoms with E-state index in [1.165, 1.54) is 0 Å². The smallest absolute Gasteiger partial charge is 0.238 e. The van der Waals surface area contributed by atoms with E-state index in [0.717, 1.165) is 25.2 Å². The molecule has 2 atom stereocenters. The van der Waals surface area contributed by atoms with Gasteiger partial charge in [-0.05, 0) is 30.5 Å². The topological polar surface area (TPSA) is 58.4 Å². The number of amides is 1. The van der Waals surface area contributed by atoms with E-state index in [4.69, 9.17) is 17.3 Å². The second-order valence-corrected chi connectivity index (χ2v) is 5.66. The van der Waals surface area contributed by atoms with E-state index in [1.807, 2.05) is 12.1 Å². The highest BCUT2D eigenvalue weighted by atomic mass is 35.5. The van der Waals surface area contributed by atoms with E-state index in [1.54, 1.807) is 12.1 Å². The highest BCUT2D eigenvalue weighted by molar-refractivity contribution is 6.30. The first kappa shape index (κ1) is 14.3. The molecule has 3 N–H and O–H groups in total. The lowest BCUT2D eigenvalue weighted by Gasteiger charge is -2.34. The Labute approximate surface area is 118 Å². The number of piperidine rings is 1. The summed E-state index contributed by atoms with van der Waals surface area (Å²) in [5, 5.41) is 3.48. The zero-order chi connectivity index (χ0) is 13.8. The molecule has 4 nitrogen and oxygen atoms in total. The third kappa shape index (κ3) is 4.20. The summed E-state index contributed by atoms with van der Waals surface area (Å²) in [7, 11) is 0. The van der Waals surface area contributed by atoms with Crippen LogP contribution in [0.2, 0.25) is 5.02 Å². The van der Waals surface area contributed by atoms with Crippen molar-refractivity contribution in [2.45, 2.75) is 19.4 Å². The molecular weight excluding hydrogens is 262 g/mol. The lowest BCUT2D eigenvalue weighted by atomic mass is 9.95. The number of halogens is 1. The molecule has 1 heterocycles. The third-order valence-corrected chi connectivity index (χ3v) is 3.77. The summed E-state index contributed by atoms with van der Waals surface area (Å²) in [5.41, 5.74) is 6.71. The normalized spacial score (nSPS) is 24.2. The van der Waals surface area contributed by atoms with Crippen LogP contribution in [0, 0.1) is 5.92 Å². The Balaban J connectivity index is 1.85. The van der Waals surface area contributed by atoms with Crippen molar-refractivity contribution < 1.29 is 4.79 Å². The zero-order valence-corrected chi connectivity index (χ0v) is 11.9. The molecule has 1 aliphatic rings. The molecule has 0 aromatic heterocycles. The molecule has 0 saturated carbocycles. The van der Waals surface area contributed by atoms with E-state index in [-0.39, 0.29) is 11.9 Å². The molecule has 1 fully saturated rings. The molecule has 2 unspecified atom stereocenters. The van der Waals surface area contributed by atoms with Gasteiger partial charge in [0.15, 0.2) is 0 Å². The molecule has 0 spiro atoms. The number of nitrogens with one attached hydrogen (secondary N) is 1. The van der Waals surface area contributed by atoms with Crippen LogP contribution in [-0.4, -0.2) is 36.5 Å². The molecule has 1 aliphatic heterocycles. The molecule has 19 heavy (non-hydrogen) atoms. The van der Waals surface area contributed by atoms with Gasteiger partial charge in [0.1, 0.15) is 0 Å². The molecule has 5 heteroatoms. The van der Waals surface area contributed by atoms with Crippen LogP contribution in [0.1, 0.15) is 13.3 Å². The molecule has 104 valence electrons. The zero-order valence-electron chi connectivity index (χ0n) is 11.1. The van der Waals surface area contributed by atoms with Crippen LogP contribution in [0.3, 0.4) is 0 Å². The maximum absolute atomic E-state index is 12.0. The van der Waals surface area contributed by atoms with E-state index >= 15 is 0 Å². The number of benzene rings is 1. The van der Waals surface area contributed by atoms with Crippen LogP contribution in [0.15, 0.2) is 24.3 Å². The Hall–Kier alpha value is -1.10. The van der Waals surface area contributed by atoms with Gasteiger partial charge in [0.25, 0.3) is 0 Å². The minimum Gasteiger partial charge on any atom is -0.327 e. The average Bonchev–Trinajstić information content (AvgIpc) is 2.34. The highest BCUT2D eigenvalue weighted by Crippen LogP contribution is 2.16. The lowest BCUT2D eigenvalue weighted by molar-refractivity contribution is -0.117. The van der Waals surface area contributed by atoms with Gasteiger partial charge in [-0.25, -0.2) is 0 Å². The Bertz CT molecular complexity index is 452. The van der Waals surface area contributed by atoms with Gasteiger partial charge >= 0.3 is 0 Å². The molecule has 1 amide bonds. The van der Waals surface area contributed by atoms with Gasteiger partial charge in [-0.2, -0.15) is 0 Å². The Morgan fingerprint density at radius 3 is 3.05 bits per heavy atom. The molecule has 1 saturated heterocycles. The fourth-order valence-electron chi connectivity index (χ4n) is 2.36. The van der Waals surface area contributed by atoms with Crippen LogP contribution in [0.25, 0.3) is 0 Å². The number of carbonyl (C=O) groups is 1. The monoisotopic (exact) mass is 281 g/mol. The summed E-state index contributed by atoms with van der Waals surface area (Å²) in [6.07, 6.45) is 0.950. The van der Waals surface area contributed by atoms with Crippen molar-refractivity contribution in [2.75, 3.05) is 25.0 Å². The number of anilines is 1. The van der Waals surface area contributed by atoms with Crippen molar-refractivity contribution in [3.8, 4) is 0 Å². The van der Waals surface area contributed by atoms with Crippen LogP contribution < -0.4 is 11.1 Å². The van der Waals surface area contributed by atoms with Crippen molar-refractivity contribution in [1.29, 1.82) is 0 Å². The van der Waals surface area contributed by atoms with E-state index in [9.17, 15) is 4.79 Å². The van der Waals surface area contributed by atoms with Crippen molar-refractivity contribution in [2.24, 2.45) is 11.7 Å². The summed E-state index contributed by atoms with van der Waals surface area (Å²) >= 11 is 5.88. The highest BCUT2D eigenvalue weighted by Gasteiger charge is 2.24. The van der Waals surface area contributed by atoms with Gasteiger partial charge in [0.2, 0.25) is 5.91 Å². The number of nitrogens with two attached hydrogens (primary N) is 1. The molecule has 0 bridgehead atoms. The van der Waals surface area contributed by atoms with E-state index < -0.39 is 0 Å². The predicted molar refractivity (Wildman–Crippen MR) is 78.3 cm³/mol. The standard InChI is InChI=1S/C14H20ClN3O/c1-10-8-18(6-5-13(10)16)9-14(19)17-12-4-2-3-11(15)7-12/h2-4,7,10,13H,5-6,8-9,16H2,1H3,(H,17,19). The first-order valence-electron chi connectivity index (χ1n) is 6.58. The van der Waals surface area contributed by atoms with Crippen LogP contribution in [0.4, 0.5) is 5.69 Å². The predicted octanol–water partition coefficient (Wildman–Crippen LogP) is 1.95. The summed E-state index contributed by atoms with van der Waals surface area (Å²) in [5.74, 6) is 0.428. The molecule has 0 aliphatic carbocycles. The second-order valence-electron chi connectivity index (χ2n) is 5.22. The fourth-order valence-corrected chi connectivity index (χ4v) is 2.55. The Morgan fingerprint density at radius 1 is 1.58 bits per heavy atom. The molecular formula is C14H20ClN3O. The molecule has 1 aromatic rings. The van der Waals surface area contributed by atoms with Crippen LogP contribution in [0.5, 0.6) is 0 Å². The van der Waals surface area contributed by atoms with Crippen molar-refractivity contribution in [1.82, 2.24) is 4.90 Å². The largest absolute Gasteiger partial charge is 0.327 e. The number of hydrogen-bond donors (Lipinski definition) is 2. The molecule has 1 aromatic carbocycles. The summed E-state index contributed by atoms with van der Waals surface area (Å²) in [6.45, 7) is 4.30. The third-order valence-electron chi connectivity index (χ3n) is 3.53. The van der Waals surface area contributed by atoms with E-state index in [2.05, 4.69) is 17.1 Å². The maximum atomic E-state index is 12.0. The molecule has 0 radical (unpaired) electrons. The second kappa shape index (κ2) is 6.37. The van der Waals surface area contributed by atoms with Gasteiger partial charge in [-0.3, -0.25) is 9.69 Å². The van der Waals surface area contributed by atoms with Crippen molar-refractivity contribution in [3.63, 3.8) is 0 Å². The molecule has 2 rings (SSSR count). The van der Waals surface area contributed by atoms with Gasteiger partial charge in [-0.1, -0.05) is 24.6 Å². The number of nitrogens with zero attached hydrogens (tertiary/aromatic N) is 1. The van der Waals surface area contributed by atoms with Gasteiger partial charge in [0, 0.05) is 29.8 Å². The maximum Gasteiger partial charge on any atom is 0.238 e. The van der Waals surface area contributed by atoms with Gasteiger partial charge in [-0.15, -0.1) is 0 Å². The first-order chi connectivity index (χ1) is 9.04. The quantitative estimate of drug-likeness (QED) is 0.890. The number of rotatable bonds is 3. The summed E-state index contributed by atoms with van der Waals surface area (Å²) in [4.78, 5) is 14.1.